The Morgan fingerprint density at radius 2 is 1.19 bits per heavy atom. The Kier molecular flexibility index (Phi) is 4.62. The first-order valence-corrected chi connectivity index (χ1v) is 7.49. The molecule has 112 valence electrons. The number of halogens is 3. The molecule has 2 rings (SSSR count). The van der Waals surface area contributed by atoms with Crippen LogP contribution in [-0.4, -0.2) is 14.0 Å². The van der Waals surface area contributed by atoms with E-state index < -0.39 is 9.71 Å². The number of benzene rings is 2. The molecule has 2 N–H and O–H groups in total. The maximum absolute atomic E-state index is 9.65. The number of alkyl halides is 3. The Balaban J connectivity index is 2.58. The monoisotopic (exact) mass is 344 g/mol. The number of aryl methyl sites for hydroxylation is 2. The SMILES string of the molecule is Cc1cc(C(c2ccc(O)c(C)c2)C(Cl)(Cl)Cl)ccc1O. The zero-order valence-electron chi connectivity index (χ0n) is 11.6. The van der Waals surface area contributed by atoms with Gasteiger partial charge in [-0.25, -0.2) is 0 Å². The molecule has 0 fully saturated rings. The fourth-order valence-electron chi connectivity index (χ4n) is 2.29. The van der Waals surface area contributed by atoms with Crippen molar-refractivity contribution < 1.29 is 10.2 Å². The highest BCUT2D eigenvalue weighted by molar-refractivity contribution is 6.68. The van der Waals surface area contributed by atoms with Gasteiger partial charge in [0.25, 0.3) is 0 Å². The molecule has 0 atom stereocenters. The Morgan fingerprint density at radius 3 is 1.48 bits per heavy atom. The summed E-state index contributed by atoms with van der Waals surface area (Å²) in [6.07, 6.45) is 0. The predicted molar refractivity (Wildman–Crippen MR) is 87.8 cm³/mol. The second kappa shape index (κ2) is 5.96. The van der Waals surface area contributed by atoms with E-state index in [1.165, 1.54) is 0 Å². The molecule has 5 heteroatoms. The third-order valence-electron chi connectivity index (χ3n) is 3.44. The zero-order chi connectivity index (χ0) is 15.8. The molecule has 0 spiro atoms. The molecule has 2 aromatic carbocycles. The zero-order valence-corrected chi connectivity index (χ0v) is 13.8. The van der Waals surface area contributed by atoms with Crippen molar-refractivity contribution in [2.24, 2.45) is 0 Å². The quantitative estimate of drug-likeness (QED) is 0.733. The third-order valence-corrected chi connectivity index (χ3v) is 4.09. The van der Waals surface area contributed by atoms with Gasteiger partial charge in [-0.2, -0.15) is 0 Å². The Morgan fingerprint density at radius 1 is 0.810 bits per heavy atom. The van der Waals surface area contributed by atoms with Gasteiger partial charge in [-0.3, -0.25) is 0 Å². The molecule has 0 amide bonds. The van der Waals surface area contributed by atoms with Crippen molar-refractivity contribution in [3.63, 3.8) is 0 Å². The molecule has 0 aliphatic rings. The van der Waals surface area contributed by atoms with Gasteiger partial charge in [0.05, 0.1) is 5.92 Å². The highest BCUT2D eigenvalue weighted by Crippen LogP contribution is 2.46. The third kappa shape index (κ3) is 3.57. The van der Waals surface area contributed by atoms with Gasteiger partial charge in [-0.15, -0.1) is 0 Å². The molecule has 0 radical (unpaired) electrons. The highest BCUT2D eigenvalue weighted by atomic mass is 35.6. The number of hydrogen-bond acceptors (Lipinski definition) is 2. The van der Waals surface area contributed by atoms with E-state index in [9.17, 15) is 10.2 Å². The van der Waals surface area contributed by atoms with E-state index in [0.717, 1.165) is 11.1 Å². The normalized spacial score (nSPS) is 11.9. The average Bonchev–Trinajstić information content (AvgIpc) is 2.37. The highest BCUT2D eigenvalue weighted by Gasteiger charge is 2.35. The lowest BCUT2D eigenvalue weighted by Gasteiger charge is -2.26. The molecule has 0 heterocycles. The average molecular weight is 346 g/mol. The van der Waals surface area contributed by atoms with Gasteiger partial charge in [-0.1, -0.05) is 59.1 Å². The van der Waals surface area contributed by atoms with Crippen LogP contribution < -0.4 is 0 Å². The molecule has 2 nitrogen and oxygen atoms in total. The van der Waals surface area contributed by atoms with Crippen LogP contribution in [0.25, 0.3) is 0 Å². The van der Waals surface area contributed by atoms with Crippen molar-refractivity contribution in [2.75, 3.05) is 0 Å². The van der Waals surface area contributed by atoms with Gasteiger partial charge in [0.15, 0.2) is 0 Å². The fourth-order valence-corrected chi connectivity index (χ4v) is 3.04. The van der Waals surface area contributed by atoms with E-state index in [1.807, 2.05) is 0 Å². The topological polar surface area (TPSA) is 40.5 Å². The molecule has 0 aliphatic heterocycles. The smallest absolute Gasteiger partial charge is 0.201 e. The maximum atomic E-state index is 9.65. The van der Waals surface area contributed by atoms with E-state index in [2.05, 4.69) is 0 Å². The Bertz CT molecular complexity index is 612. The van der Waals surface area contributed by atoms with Gasteiger partial charge in [0.1, 0.15) is 11.5 Å². The van der Waals surface area contributed by atoms with Crippen molar-refractivity contribution in [1.82, 2.24) is 0 Å². The number of aromatic hydroxyl groups is 2. The minimum absolute atomic E-state index is 0.198. The lowest BCUT2D eigenvalue weighted by molar-refractivity contribution is 0.470. The summed E-state index contributed by atoms with van der Waals surface area (Å²) in [4.78, 5) is 0. The number of phenolic OH excluding ortho intramolecular Hbond substituents is 2. The molecule has 0 aromatic heterocycles. The van der Waals surface area contributed by atoms with Crippen LogP contribution in [0.1, 0.15) is 28.2 Å². The van der Waals surface area contributed by atoms with E-state index >= 15 is 0 Å². The van der Waals surface area contributed by atoms with Gasteiger partial charge >= 0.3 is 0 Å². The second-order valence-electron chi connectivity index (χ2n) is 5.07. The van der Waals surface area contributed by atoms with Crippen molar-refractivity contribution in [2.45, 2.75) is 23.6 Å². The summed E-state index contributed by atoms with van der Waals surface area (Å²) >= 11 is 18.5. The summed E-state index contributed by atoms with van der Waals surface area (Å²) in [5.41, 5.74) is 3.00. The largest absolute Gasteiger partial charge is 0.508 e. The predicted octanol–water partition coefficient (Wildman–Crippen LogP) is 5.22. The Hall–Kier alpha value is -1.09. The van der Waals surface area contributed by atoms with Crippen LogP contribution in [-0.2, 0) is 0 Å². The number of rotatable bonds is 2. The van der Waals surface area contributed by atoms with Crippen molar-refractivity contribution in [3.05, 3.63) is 58.7 Å². The van der Waals surface area contributed by atoms with Gasteiger partial charge < -0.3 is 10.2 Å². The molecular formula is C16H15Cl3O2. The summed E-state index contributed by atoms with van der Waals surface area (Å²) in [6, 6.07) is 10.2. The van der Waals surface area contributed by atoms with Crippen LogP contribution in [0.15, 0.2) is 36.4 Å². The molecular weight excluding hydrogens is 331 g/mol. The molecule has 0 saturated carbocycles. The van der Waals surface area contributed by atoms with E-state index in [0.29, 0.717) is 11.1 Å². The van der Waals surface area contributed by atoms with Crippen LogP contribution in [0.4, 0.5) is 0 Å². The number of hydrogen-bond donors (Lipinski definition) is 2. The fraction of sp³-hybridized carbons (Fsp3) is 0.250. The number of phenols is 2. The minimum Gasteiger partial charge on any atom is -0.508 e. The Labute approximate surface area is 138 Å². The van der Waals surface area contributed by atoms with E-state index in [4.69, 9.17) is 34.8 Å². The lowest BCUT2D eigenvalue weighted by Crippen LogP contribution is -2.18. The van der Waals surface area contributed by atoms with Crippen LogP contribution in [0.3, 0.4) is 0 Å². The molecule has 0 saturated heterocycles. The van der Waals surface area contributed by atoms with Gasteiger partial charge in [0, 0.05) is 0 Å². The molecule has 21 heavy (non-hydrogen) atoms. The minimum atomic E-state index is -1.55. The van der Waals surface area contributed by atoms with Crippen LogP contribution >= 0.6 is 34.8 Å². The van der Waals surface area contributed by atoms with E-state index in [-0.39, 0.29) is 11.5 Å². The molecule has 2 aromatic rings. The van der Waals surface area contributed by atoms with Crippen molar-refractivity contribution in [1.29, 1.82) is 0 Å². The van der Waals surface area contributed by atoms with Crippen molar-refractivity contribution >= 4 is 34.8 Å². The van der Waals surface area contributed by atoms with Gasteiger partial charge in [-0.05, 0) is 48.2 Å². The molecule has 0 unspecified atom stereocenters. The lowest BCUT2D eigenvalue weighted by atomic mass is 9.90. The van der Waals surface area contributed by atoms with Crippen LogP contribution in [0, 0.1) is 13.8 Å². The molecule has 0 aliphatic carbocycles. The van der Waals surface area contributed by atoms with E-state index in [1.54, 1.807) is 50.2 Å². The molecule has 0 bridgehead atoms. The van der Waals surface area contributed by atoms with Crippen LogP contribution in [0.2, 0.25) is 0 Å². The second-order valence-corrected chi connectivity index (χ2v) is 7.44. The first-order valence-electron chi connectivity index (χ1n) is 6.36. The first-order chi connectivity index (χ1) is 9.70. The van der Waals surface area contributed by atoms with Crippen LogP contribution in [0.5, 0.6) is 11.5 Å². The maximum Gasteiger partial charge on any atom is 0.201 e. The summed E-state index contributed by atoms with van der Waals surface area (Å²) in [5, 5.41) is 19.3. The summed E-state index contributed by atoms with van der Waals surface area (Å²) in [5.74, 6) is -0.103. The first kappa shape index (κ1) is 16.3. The van der Waals surface area contributed by atoms with Crippen molar-refractivity contribution in [3.8, 4) is 11.5 Å². The standard InChI is InChI=1S/C16H15Cl3O2/c1-9-7-11(3-5-13(9)20)15(16(17,18)19)12-4-6-14(21)10(2)8-12/h3-8,15,20-21H,1-2H3. The summed E-state index contributed by atoms with van der Waals surface area (Å²) in [6.45, 7) is 3.58. The summed E-state index contributed by atoms with van der Waals surface area (Å²) < 4.78 is -1.55. The van der Waals surface area contributed by atoms with Gasteiger partial charge in [0.2, 0.25) is 3.79 Å². The summed E-state index contributed by atoms with van der Waals surface area (Å²) in [7, 11) is 0.